The van der Waals surface area contributed by atoms with Gasteiger partial charge >= 0.3 is 0 Å². The number of aromatic nitrogens is 4. The van der Waals surface area contributed by atoms with Gasteiger partial charge in [-0.3, -0.25) is 9.69 Å². The highest BCUT2D eigenvalue weighted by Gasteiger charge is 2.20. The van der Waals surface area contributed by atoms with Crippen LogP contribution in [0.2, 0.25) is 0 Å². The van der Waals surface area contributed by atoms with Crippen LogP contribution in [0.3, 0.4) is 0 Å². The number of fused-ring (bicyclic) bond motifs is 1. The Morgan fingerprint density at radius 2 is 1.56 bits per heavy atom. The standard InChI is InChI=1S/C31H39N7O/c1-3-16-37(17-4-2)28-10-9-25-11-18-36(21-27(25)19-28)20-24-5-7-26(8-6-24)31(39)38(22-29-32-12-13-33-29)23-30-34-14-15-35-30/h5-10,12-15,19H,3-4,11,16-18,20-23H2,1-2H3,(H,32,33)(H,34,35). The van der Waals surface area contributed by atoms with Gasteiger partial charge in [-0.05, 0) is 60.2 Å². The summed E-state index contributed by atoms with van der Waals surface area (Å²) >= 11 is 0. The first kappa shape index (κ1) is 26.7. The number of amides is 1. The van der Waals surface area contributed by atoms with Gasteiger partial charge in [-0.2, -0.15) is 0 Å². The molecule has 3 heterocycles. The van der Waals surface area contributed by atoms with Gasteiger partial charge in [-0.15, -0.1) is 0 Å². The molecule has 1 amide bonds. The molecular weight excluding hydrogens is 486 g/mol. The normalized spacial score (nSPS) is 13.3. The third-order valence-corrected chi connectivity index (χ3v) is 7.32. The maximum atomic E-state index is 13.4. The largest absolute Gasteiger partial charge is 0.372 e. The lowest BCUT2D eigenvalue weighted by molar-refractivity contribution is 0.0721. The Morgan fingerprint density at radius 3 is 2.15 bits per heavy atom. The lowest BCUT2D eigenvalue weighted by atomic mass is 9.98. The molecule has 2 aromatic carbocycles. The highest BCUT2D eigenvalue weighted by molar-refractivity contribution is 5.94. The average Bonchev–Trinajstić information content (AvgIpc) is 3.67. The molecule has 4 aromatic rings. The fourth-order valence-electron chi connectivity index (χ4n) is 5.37. The van der Waals surface area contributed by atoms with Gasteiger partial charge in [0.05, 0.1) is 13.1 Å². The number of aromatic amines is 2. The molecule has 5 rings (SSSR count). The van der Waals surface area contributed by atoms with E-state index >= 15 is 0 Å². The van der Waals surface area contributed by atoms with Gasteiger partial charge in [0, 0.05) is 68.8 Å². The third kappa shape index (κ3) is 6.75. The summed E-state index contributed by atoms with van der Waals surface area (Å²) in [6, 6.07) is 15.1. The first-order chi connectivity index (χ1) is 19.1. The summed E-state index contributed by atoms with van der Waals surface area (Å²) in [5.74, 6) is 1.44. The van der Waals surface area contributed by atoms with Gasteiger partial charge in [-0.1, -0.05) is 32.0 Å². The molecule has 8 nitrogen and oxygen atoms in total. The molecule has 8 heteroatoms. The summed E-state index contributed by atoms with van der Waals surface area (Å²) < 4.78 is 0. The van der Waals surface area contributed by atoms with Crippen LogP contribution in [0.4, 0.5) is 5.69 Å². The Balaban J connectivity index is 1.24. The molecule has 0 spiro atoms. The topological polar surface area (TPSA) is 84.2 Å². The Kier molecular flexibility index (Phi) is 8.73. The number of carbonyl (C=O) groups is 1. The number of anilines is 1. The molecule has 2 aromatic heterocycles. The number of hydrogen-bond donors (Lipinski definition) is 2. The summed E-state index contributed by atoms with van der Waals surface area (Å²) in [5.41, 5.74) is 6.13. The zero-order chi connectivity index (χ0) is 27.0. The van der Waals surface area contributed by atoms with Crippen molar-refractivity contribution in [3.05, 3.63) is 101 Å². The van der Waals surface area contributed by atoms with Crippen molar-refractivity contribution >= 4 is 11.6 Å². The molecule has 0 atom stereocenters. The Morgan fingerprint density at radius 1 is 0.897 bits per heavy atom. The third-order valence-electron chi connectivity index (χ3n) is 7.32. The molecular formula is C31H39N7O. The number of nitrogens with one attached hydrogen (secondary N) is 2. The number of H-pyrrole nitrogens is 2. The summed E-state index contributed by atoms with van der Waals surface area (Å²) in [6.07, 6.45) is 10.3. The molecule has 204 valence electrons. The van der Waals surface area contributed by atoms with Crippen LogP contribution in [-0.2, 0) is 32.6 Å². The zero-order valence-corrected chi connectivity index (χ0v) is 23.1. The highest BCUT2D eigenvalue weighted by Crippen LogP contribution is 2.26. The fraction of sp³-hybridized carbons (Fsp3) is 0.387. The number of carbonyl (C=O) groups excluding carboxylic acids is 1. The highest BCUT2D eigenvalue weighted by atomic mass is 16.2. The molecule has 0 fully saturated rings. The molecule has 2 N–H and O–H groups in total. The molecule has 1 aliphatic rings. The lowest BCUT2D eigenvalue weighted by Crippen LogP contribution is -2.31. The average molecular weight is 526 g/mol. The van der Waals surface area contributed by atoms with E-state index in [0.29, 0.717) is 18.7 Å². The van der Waals surface area contributed by atoms with Crippen LogP contribution in [0.15, 0.2) is 67.3 Å². The number of benzene rings is 2. The van der Waals surface area contributed by atoms with E-state index in [9.17, 15) is 4.79 Å². The van der Waals surface area contributed by atoms with Gasteiger partial charge in [0.15, 0.2) is 0 Å². The second-order valence-corrected chi connectivity index (χ2v) is 10.3. The van der Waals surface area contributed by atoms with Crippen LogP contribution in [-0.4, -0.2) is 55.3 Å². The molecule has 1 aliphatic heterocycles. The summed E-state index contributed by atoms with van der Waals surface area (Å²) in [6.45, 7) is 10.3. The van der Waals surface area contributed by atoms with Crippen LogP contribution in [0.25, 0.3) is 0 Å². The van der Waals surface area contributed by atoms with Gasteiger partial charge in [-0.25, -0.2) is 9.97 Å². The quantitative estimate of drug-likeness (QED) is 0.267. The molecule has 39 heavy (non-hydrogen) atoms. The predicted octanol–water partition coefficient (Wildman–Crippen LogP) is 5.16. The van der Waals surface area contributed by atoms with E-state index in [1.165, 1.54) is 22.4 Å². The smallest absolute Gasteiger partial charge is 0.254 e. The Bertz CT molecular complexity index is 1270. The zero-order valence-electron chi connectivity index (χ0n) is 23.1. The second-order valence-electron chi connectivity index (χ2n) is 10.3. The van der Waals surface area contributed by atoms with Crippen molar-refractivity contribution < 1.29 is 4.79 Å². The van der Waals surface area contributed by atoms with Crippen LogP contribution >= 0.6 is 0 Å². The minimum absolute atomic E-state index is 0.0440. The Labute approximate surface area is 231 Å². The lowest BCUT2D eigenvalue weighted by Gasteiger charge is -2.31. The summed E-state index contributed by atoms with van der Waals surface area (Å²) in [7, 11) is 0. The number of rotatable bonds is 12. The van der Waals surface area contributed by atoms with E-state index in [0.717, 1.165) is 63.6 Å². The van der Waals surface area contributed by atoms with E-state index in [1.54, 1.807) is 29.7 Å². The summed E-state index contributed by atoms with van der Waals surface area (Å²) in [5, 5.41) is 0. The molecule has 0 unspecified atom stereocenters. The summed E-state index contributed by atoms with van der Waals surface area (Å²) in [4.78, 5) is 35.0. The molecule has 0 aliphatic carbocycles. The van der Waals surface area contributed by atoms with Crippen molar-refractivity contribution in [3.63, 3.8) is 0 Å². The van der Waals surface area contributed by atoms with Crippen LogP contribution in [0, 0.1) is 0 Å². The van der Waals surface area contributed by atoms with Crippen molar-refractivity contribution in [1.29, 1.82) is 0 Å². The monoisotopic (exact) mass is 525 g/mol. The minimum Gasteiger partial charge on any atom is -0.372 e. The van der Waals surface area contributed by atoms with Crippen LogP contribution in [0.5, 0.6) is 0 Å². The maximum Gasteiger partial charge on any atom is 0.254 e. The van der Waals surface area contributed by atoms with Crippen molar-refractivity contribution in [2.45, 2.75) is 59.3 Å². The van der Waals surface area contributed by atoms with Gasteiger partial charge in [0.1, 0.15) is 11.6 Å². The minimum atomic E-state index is -0.0440. The van der Waals surface area contributed by atoms with Crippen LogP contribution in [0.1, 0.15) is 65.4 Å². The van der Waals surface area contributed by atoms with Gasteiger partial charge < -0.3 is 19.8 Å². The predicted molar refractivity (Wildman–Crippen MR) is 154 cm³/mol. The SMILES string of the molecule is CCCN(CCC)c1ccc2c(c1)CN(Cc1ccc(C(=O)N(Cc3ncc[nH]3)Cc3ncc[nH]3)cc1)CC2. The van der Waals surface area contributed by atoms with E-state index in [1.807, 2.05) is 12.1 Å². The maximum absolute atomic E-state index is 13.4. The van der Waals surface area contributed by atoms with Crippen molar-refractivity contribution in [3.8, 4) is 0 Å². The van der Waals surface area contributed by atoms with Crippen molar-refractivity contribution in [2.24, 2.45) is 0 Å². The number of nitrogens with zero attached hydrogens (tertiary/aromatic N) is 5. The molecule has 0 bridgehead atoms. The number of imidazole rings is 2. The number of hydrogen-bond acceptors (Lipinski definition) is 5. The Hall–Kier alpha value is -3.91. The van der Waals surface area contributed by atoms with Gasteiger partial charge in [0.25, 0.3) is 5.91 Å². The second kappa shape index (κ2) is 12.8. The van der Waals surface area contributed by atoms with Crippen molar-refractivity contribution in [2.75, 3.05) is 24.5 Å². The van der Waals surface area contributed by atoms with E-state index in [4.69, 9.17) is 0 Å². The molecule has 0 saturated heterocycles. The fourth-order valence-corrected chi connectivity index (χ4v) is 5.37. The van der Waals surface area contributed by atoms with E-state index in [2.05, 4.69) is 73.9 Å². The first-order valence-electron chi connectivity index (χ1n) is 14.1. The van der Waals surface area contributed by atoms with E-state index in [-0.39, 0.29) is 5.91 Å². The molecule has 0 saturated carbocycles. The van der Waals surface area contributed by atoms with Crippen molar-refractivity contribution in [1.82, 2.24) is 29.7 Å². The van der Waals surface area contributed by atoms with Crippen LogP contribution < -0.4 is 4.90 Å². The van der Waals surface area contributed by atoms with E-state index < -0.39 is 0 Å². The first-order valence-corrected chi connectivity index (χ1v) is 14.1. The van der Waals surface area contributed by atoms with Gasteiger partial charge in [0.2, 0.25) is 0 Å². The molecule has 0 radical (unpaired) electrons.